The predicted molar refractivity (Wildman–Crippen MR) is 46.8 cm³/mol. The van der Waals surface area contributed by atoms with Gasteiger partial charge in [0.2, 0.25) is 0 Å². The molecule has 0 aromatic carbocycles. The number of rotatable bonds is 2. The summed E-state index contributed by atoms with van der Waals surface area (Å²) >= 11 is 1.41. The number of carbonyl (C=O) groups excluding carboxylic acids is 1. The summed E-state index contributed by atoms with van der Waals surface area (Å²) in [6.07, 6.45) is 0.132. The molecule has 0 aliphatic carbocycles. The third-order valence-corrected chi connectivity index (χ3v) is 2.95. The quantitative estimate of drug-likeness (QED) is 0.654. The zero-order chi connectivity index (χ0) is 8.55. The van der Waals surface area contributed by atoms with Crippen LogP contribution < -0.4 is 4.90 Å². The van der Waals surface area contributed by atoms with Crippen LogP contribution in [0.25, 0.3) is 0 Å². The number of thiophene rings is 1. The minimum absolute atomic E-state index is 0.471. The Labute approximate surface area is 73.6 Å². The van der Waals surface area contributed by atoms with E-state index < -0.39 is 6.17 Å². The van der Waals surface area contributed by atoms with Gasteiger partial charge in [0.05, 0.1) is 23.0 Å². The third kappa shape index (κ3) is 1.22. The maximum absolute atomic E-state index is 12.4. The Bertz CT molecular complexity index is 293. The van der Waals surface area contributed by atoms with Crippen molar-refractivity contribution in [2.45, 2.75) is 6.17 Å². The topological polar surface area (TPSA) is 20.3 Å². The Kier molecular flexibility index (Phi) is 1.84. The lowest BCUT2D eigenvalue weighted by Crippen LogP contribution is -2.48. The molecule has 0 spiro atoms. The van der Waals surface area contributed by atoms with Gasteiger partial charge in [-0.3, -0.25) is 4.79 Å². The van der Waals surface area contributed by atoms with Gasteiger partial charge < -0.3 is 4.90 Å². The van der Waals surface area contributed by atoms with Gasteiger partial charge >= 0.3 is 0 Å². The summed E-state index contributed by atoms with van der Waals surface area (Å²) < 4.78 is 12.4. The maximum Gasteiger partial charge on any atom is 0.160 e. The molecule has 0 unspecified atom stereocenters. The molecule has 1 aromatic heterocycles. The van der Waals surface area contributed by atoms with Crippen molar-refractivity contribution in [1.29, 1.82) is 0 Å². The van der Waals surface area contributed by atoms with Gasteiger partial charge in [-0.25, -0.2) is 4.39 Å². The highest BCUT2D eigenvalue weighted by Gasteiger charge is 2.27. The Morgan fingerprint density at radius 1 is 1.58 bits per heavy atom. The van der Waals surface area contributed by atoms with Crippen molar-refractivity contribution in [2.24, 2.45) is 0 Å². The van der Waals surface area contributed by atoms with E-state index >= 15 is 0 Å². The lowest BCUT2D eigenvalue weighted by molar-refractivity contribution is 0.112. The van der Waals surface area contributed by atoms with E-state index in [1.165, 1.54) is 11.3 Å². The Morgan fingerprint density at radius 3 is 2.83 bits per heavy atom. The monoisotopic (exact) mass is 185 g/mol. The molecular weight excluding hydrogens is 177 g/mol. The molecule has 4 heteroatoms. The summed E-state index contributed by atoms with van der Waals surface area (Å²) in [6, 6.07) is 3.62. The lowest BCUT2D eigenvalue weighted by atomic mass is 10.2. The molecule has 1 aliphatic rings. The van der Waals surface area contributed by atoms with Crippen molar-refractivity contribution in [3.63, 3.8) is 0 Å². The average Bonchev–Trinajstić information content (AvgIpc) is 2.46. The average molecular weight is 185 g/mol. The fraction of sp³-hybridized carbons (Fsp3) is 0.375. The first kappa shape index (κ1) is 7.73. The standard InChI is InChI=1S/C8H8FNOS/c9-6-3-10(4-6)8-2-1-7(5-11)12-8/h1-2,5-6H,3-4H2. The van der Waals surface area contributed by atoms with Crippen LogP contribution in [0, 0.1) is 0 Å². The summed E-state index contributed by atoms with van der Waals surface area (Å²) in [7, 11) is 0. The van der Waals surface area contributed by atoms with Crippen LogP contribution in [0.1, 0.15) is 9.67 Å². The van der Waals surface area contributed by atoms with Crippen molar-refractivity contribution in [3.05, 3.63) is 17.0 Å². The number of nitrogens with zero attached hydrogens (tertiary/aromatic N) is 1. The first-order valence-corrected chi connectivity index (χ1v) is 4.55. The smallest absolute Gasteiger partial charge is 0.160 e. The number of halogens is 1. The Balaban J connectivity index is 2.08. The molecule has 1 fully saturated rings. The summed E-state index contributed by atoms with van der Waals surface area (Å²) in [5.41, 5.74) is 0. The molecule has 0 bridgehead atoms. The van der Waals surface area contributed by atoms with Gasteiger partial charge in [0, 0.05) is 0 Å². The number of aldehydes is 1. The lowest BCUT2D eigenvalue weighted by Gasteiger charge is -2.34. The second-order valence-electron chi connectivity index (χ2n) is 2.80. The van der Waals surface area contributed by atoms with Gasteiger partial charge in [-0.05, 0) is 12.1 Å². The molecule has 0 radical (unpaired) electrons. The normalized spacial score (nSPS) is 17.6. The highest BCUT2D eigenvalue weighted by atomic mass is 32.1. The molecule has 0 atom stereocenters. The van der Waals surface area contributed by atoms with E-state index in [1.807, 2.05) is 11.0 Å². The van der Waals surface area contributed by atoms with E-state index in [0.29, 0.717) is 18.0 Å². The van der Waals surface area contributed by atoms with Crippen molar-refractivity contribution in [3.8, 4) is 0 Å². The molecule has 2 nitrogen and oxygen atoms in total. The summed E-state index contributed by atoms with van der Waals surface area (Å²) in [5, 5.41) is 0.992. The highest BCUT2D eigenvalue weighted by Crippen LogP contribution is 2.29. The highest BCUT2D eigenvalue weighted by molar-refractivity contribution is 7.17. The van der Waals surface area contributed by atoms with Gasteiger partial charge in [-0.1, -0.05) is 0 Å². The summed E-state index contributed by atoms with van der Waals surface area (Å²) in [6.45, 7) is 0.942. The molecule has 0 saturated carbocycles. The van der Waals surface area contributed by atoms with E-state index in [-0.39, 0.29) is 0 Å². The fourth-order valence-electron chi connectivity index (χ4n) is 1.18. The van der Waals surface area contributed by atoms with E-state index in [2.05, 4.69) is 0 Å². The van der Waals surface area contributed by atoms with Gasteiger partial charge in [0.25, 0.3) is 0 Å². The van der Waals surface area contributed by atoms with Gasteiger partial charge in [-0.15, -0.1) is 11.3 Å². The first-order chi connectivity index (χ1) is 5.79. The zero-order valence-electron chi connectivity index (χ0n) is 6.37. The summed E-state index contributed by atoms with van der Waals surface area (Å²) in [5.74, 6) is 0. The molecule has 1 aromatic rings. The van der Waals surface area contributed by atoms with Crippen LogP contribution in [-0.4, -0.2) is 25.5 Å². The number of hydrogen-bond acceptors (Lipinski definition) is 3. The van der Waals surface area contributed by atoms with Crippen LogP contribution in [0.3, 0.4) is 0 Å². The van der Waals surface area contributed by atoms with Crippen molar-refractivity contribution >= 4 is 22.6 Å². The molecular formula is C8H8FNOS. The summed E-state index contributed by atoms with van der Waals surface area (Å²) in [4.78, 5) is 13.0. The van der Waals surface area contributed by atoms with E-state index in [0.717, 1.165) is 11.3 Å². The van der Waals surface area contributed by atoms with Crippen LogP contribution in [0.5, 0.6) is 0 Å². The Morgan fingerprint density at radius 2 is 2.33 bits per heavy atom. The molecule has 1 aliphatic heterocycles. The van der Waals surface area contributed by atoms with Crippen molar-refractivity contribution in [1.82, 2.24) is 0 Å². The number of carbonyl (C=O) groups is 1. The van der Waals surface area contributed by atoms with Crippen molar-refractivity contribution < 1.29 is 9.18 Å². The van der Waals surface area contributed by atoms with Gasteiger partial charge in [-0.2, -0.15) is 0 Å². The van der Waals surface area contributed by atoms with E-state index in [9.17, 15) is 9.18 Å². The van der Waals surface area contributed by atoms with E-state index in [1.54, 1.807) is 6.07 Å². The predicted octanol–water partition coefficient (Wildman–Crippen LogP) is 1.72. The van der Waals surface area contributed by atoms with Crippen LogP contribution in [0.4, 0.5) is 9.39 Å². The van der Waals surface area contributed by atoms with Crippen LogP contribution in [-0.2, 0) is 0 Å². The van der Waals surface area contributed by atoms with Gasteiger partial charge in [0.15, 0.2) is 6.29 Å². The maximum atomic E-state index is 12.4. The molecule has 2 rings (SSSR count). The number of anilines is 1. The van der Waals surface area contributed by atoms with Crippen molar-refractivity contribution in [2.75, 3.05) is 18.0 Å². The fourth-order valence-corrected chi connectivity index (χ4v) is 2.02. The zero-order valence-corrected chi connectivity index (χ0v) is 7.18. The van der Waals surface area contributed by atoms with Crippen LogP contribution in [0.2, 0.25) is 0 Å². The van der Waals surface area contributed by atoms with Crippen LogP contribution in [0.15, 0.2) is 12.1 Å². The second-order valence-corrected chi connectivity index (χ2v) is 3.89. The molecule has 2 heterocycles. The minimum atomic E-state index is -0.688. The third-order valence-electron chi connectivity index (χ3n) is 1.88. The van der Waals surface area contributed by atoms with Crippen LogP contribution >= 0.6 is 11.3 Å². The largest absolute Gasteiger partial charge is 0.357 e. The minimum Gasteiger partial charge on any atom is -0.357 e. The van der Waals surface area contributed by atoms with E-state index in [4.69, 9.17) is 0 Å². The molecule has 64 valence electrons. The van der Waals surface area contributed by atoms with Gasteiger partial charge in [0.1, 0.15) is 6.17 Å². The first-order valence-electron chi connectivity index (χ1n) is 3.73. The Hall–Kier alpha value is -0.900. The molecule has 1 saturated heterocycles. The number of alkyl halides is 1. The molecule has 0 N–H and O–H groups in total. The molecule has 0 amide bonds. The SMILES string of the molecule is O=Cc1ccc(N2CC(F)C2)s1. The number of hydrogen-bond donors (Lipinski definition) is 0. The second kappa shape index (κ2) is 2.86. The molecule has 12 heavy (non-hydrogen) atoms.